The first-order chi connectivity index (χ1) is 10.0. The van der Waals surface area contributed by atoms with E-state index in [-0.39, 0.29) is 11.8 Å². The fourth-order valence-electron chi connectivity index (χ4n) is 1.71. The lowest BCUT2D eigenvalue weighted by Crippen LogP contribution is -2.24. The van der Waals surface area contributed by atoms with Crippen molar-refractivity contribution in [2.45, 2.75) is 6.92 Å². The van der Waals surface area contributed by atoms with Crippen LogP contribution in [0.15, 0.2) is 48.7 Å². The van der Waals surface area contributed by atoms with E-state index >= 15 is 0 Å². The van der Waals surface area contributed by atoms with Gasteiger partial charge in [-0.1, -0.05) is 23.7 Å². The third kappa shape index (κ3) is 4.61. The molecule has 0 saturated carbocycles. The molecular weight excluding hydrogens is 291 g/mol. The summed E-state index contributed by atoms with van der Waals surface area (Å²) in [5.74, 6) is -0.295. The van der Waals surface area contributed by atoms with Crippen LogP contribution in [-0.4, -0.2) is 6.03 Å². The first kappa shape index (κ1) is 15.1. The summed E-state index contributed by atoms with van der Waals surface area (Å²) in [6.45, 7) is 1.86. The molecule has 0 unspecified atom stereocenters. The number of halogens is 2. The van der Waals surface area contributed by atoms with Crippen LogP contribution >= 0.6 is 11.6 Å². The van der Waals surface area contributed by atoms with Crippen molar-refractivity contribution < 1.29 is 9.18 Å². The summed E-state index contributed by atoms with van der Waals surface area (Å²) >= 11 is 5.85. The van der Waals surface area contributed by atoms with Gasteiger partial charge in [0.2, 0.25) is 0 Å². The molecule has 2 amide bonds. The molecule has 0 spiro atoms. The number of hydrogen-bond acceptors (Lipinski definition) is 1. The molecule has 0 aliphatic rings. The lowest BCUT2D eigenvalue weighted by molar-refractivity contribution is 0.255. The second kappa shape index (κ2) is 6.90. The number of amides is 2. The number of anilines is 1. The molecule has 0 fully saturated rings. The largest absolute Gasteiger partial charge is 0.323 e. The fourth-order valence-corrected chi connectivity index (χ4v) is 1.94. The smallest absolute Gasteiger partial charge is 0.314 e. The van der Waals surface area contributed by atoms with Crippen LogP contribution in [0, 0.1) is 12.7 Å². The van der Waals surface area contributed by atoms with Gasteiger partial charge in [-0.2, -0.15) is 0 Å². The Kier molecular flexibility index (Phi) is 4.95. The predicted molar refractivity (Wildman–Crippen MR) is 83.8 cm³/mol. The van der Waals surface area contributed by atoms with E-state index in [0.29, 0.717) is 10.7 Å². The summed E-state index contributed by atoms with van der Waals surface area (Å²) in [7, 11) is 0. The minimum atomic E-state index is -0.362. The topological polar surface area (TPSA) is 41.1 Å². The van der Waals surface area contributed by atoms with Gasteiger partial charge in [0, 0.05) is 16.9 Å². The Morgan fingerprint density at radius 3 is 2.57 bits per heavy atom. The minimum absolute atomic E-state index is 0.295. The normalized spacial score (nSPS) is 10.6. The molecule has 108 valence electrons. The van der Waals surface area contributed by atoms with Gasteiger partial charge in [0.1, 0.15) is 5.82 Å². The molecule has 2 aromatic rings. The summed E-state index contributed by atoms with van der Waals surface area (Å²) in [5.41, 5.74) is 2.35. The van der Waals surface area contributed by atoms with Crippen molar-refractivity contribution in [1.29, 1.82) is 0 Å². The van der Waals surface area contributed by atoms with Crippen LogP contribution in [0.3, 0.4) is 0 Å². The minimum Gasteiger partial charge on any atom is -0.314 e. The van der Waals surface area contributed by atoms with Gasteiger partial charge >= 0.3 is 6.03 Å². The highest BCUT2D eigenvalue weighted by atomic mass is 35.5. The molecule has 0 atom stereocenters. The van der Waals surface area contributed by atoms with E-state index in [1.165, 1.54) is 18.3 Å². The van der Waals surface area contributed by atoms with Gasteiger partial charge in [-0.3, -0.25) is 0 Å². The van der Waals surface area contributed by atoms with E-state index in [1.807, 2.05) is 6.92 Å². The summed E-state index contributed by atoms with van der Waals surface area (Å²) in [6.07, 6.45) is 3.17. The summed E-state index contributed by atoms with van der Waals surface area (Å²) in [5, 5.41) is 5.91. The molecule has 0 saturated heterocycles. The summed E-state index contributed by atoms with van der Waals surface area (Å²) in [4.78, 5) is 11.7. The van der Waals surface area contributed by atoms with Crippen molar-refractivity contribution in [3.8, 4) is 0 Å². The molecule has 0 aliphatic carbocycles. The first-order valence-electron chi connectivity index (χ1n) is 6.30. The number of benzene rings is 2. The molecule has 0 aromatic heterocycles. The quantitative estimate of drug-likeness (QED) is 0.856. The van der Waals surface area contributed by atoms with E-state index in [4.69, 9.17) is 11.6 Å². The lowest BCUT2D eigenvalue weighted by atomic mass is 10.2. The van der Waals surface area contributed by atoms with Crippen LogP contribution in [-0.2, 0) is 0 Å². The average Bonchev–Trinajstić information content (AvgIpc) is 2.44. The molecular formula is C16H14ClFN2O. The third-order valence-corrected chi connectivity index (χ3v) is 3.03. The SMILES string of the molecule is Cc1cc(Cl)ccc1NC(=O)N/C=C/c1ccc(F)cc1. The average molecular weight is 305 g/mol. The van der Waals surface area contributed by atoms with Gasteiger partial charge < -0.3 is 10.6 Å². The molecule has 21 heavy (non-hydrogen) atoms. The Balaban J connectivity index is 1.91. The van der Waals surface area contributed by atoms with E-state index in [9.17, 15) is 9.18 Å². The van der Waals surface area contributed by atoms with Crippen molar-refractivity contribution in [1.82, 2.24) is 5.32 Å². The Bertz CT molecular complexity index is 668. The van der Waals surface area contributed by atoms with Gasteiger partial charge in [0.15, 0.2) is 0 Å². The highest BCUT2D eigenvalue weighted by molar-refractivity contribution is 6.30. The van der Waals surface area contributed by atoms with Crippen molar-refractivity contribution in [2.75, 3.05) is 5.32 Å². The number of carbonyl (C=O) groups excluding carboxylic acids is 1. The number of nitrogens with one attached hydrogen (secondary N) is 2. The van der Waals surface area contributed by atoms with Crippen LogP contribution < -0.4 is 10.6 Å². The number of carbonyl (C=O) groups is 1. The lowest BCUT2D eigenvalue weighted by Gasteiger charge is -2.08. The van der Waals surface area contributed by atoms with E-state index in [0.717, 1.165) is 11.1 Å². The Labute approximate surface area is 127 Å². The number of hydrogen-bond donors (Lipinski definition) is 2. The van der Waals surface area contributed by atoms with Gasteiger partial charge in [-0.25, -0.2) is 9.18 Å². The highest BCUT2D eigenvalue weighted by Gasteiger charge is 2.02. The maximum absolute atomic E-state index is 12.7. The van der Waals surface area contributed by atoms with Crippen LogP contribution in [0.25, 0.3) is 6.08 Å². The molecule has 0 radical (unpaired) electrons. The second-order valence-electron chi connectivity index (χ2n) is 4.44. The third-order valence-electron chi connectivity index (χ3n) is 2.80. The van der Waals surface area contributed by atoms with Crippen LogP contribution in [0.1, 0.15) is 11.1 Å². The molecule has 0 bridgehead atoms. The molecule has 0 heterocycles. The van der Waals surface area contributed by atoms with Gasteiger partial charge in [0.05, 0.1) is 0 Å². The molecule has 3 nitrogen and oxygen atoms in total. The predicted octanol–water partition coefficient (Wildman–Crippen LogP) is 4.58. The number of urea groups is 1. The van der Waals surface area contributed by atoms with Crippen molar-refractivity contribution in [2.24, 2.45) is 0 Å². The molecule has 2 aromatic carbocycles. The maximum Gasteiger partial charge on any atom is 0.323 e. The molecule has 2 rings (SSSR count). The highest BCUT2D eigenvalue weighted by Crippen LogP contribution is 2.19. The van der Waals surface area contributed by atoms with Crippen LogP contribution in [0.5, 0.6) is 0 Å². The zero-order valence-electron chi connectivity index (χ0n) is 11.4. The Hall–Kier alpha value is -2.33. The molecule has 0 aliphatic heterocycles. The van der Waals surface area contributed by atoms with Crippen molar-refractivity contribution in [3.63, 3.8) is 0 Å². The standard InChI is InChI=1S/C16H14ClFN2O/c1-11-10-13(17)4-7-15(11)20-16(21)19-9-8-12-2-5-14(18)6-3-12/h2-10H,1H3,(H2,19,20,21)/b9-8+. The summed E-state index contributed by atoms with van der Waals surface area (Å²) < 4.78 is 12.7. The number of aryl methyl sites for hydroxylation is 1. The molecule has 5 heteroatoms. The van der Waals surface area contributed by atoms with E-state index in [2.05, 4.69) is 10.6 Å². The summed E-state index contributed by atoms with van der Waals surface area (Å²) in [6, 6.07) is 10.8. The first-order valence-corrected chi connectivity index (χ1v) is 6.68. The van der Waals surface area contributed by atoms with Crippen LogP contribution in [0.2, 0.25) is 5.02 Å². The van der Waals surface area contributed by atoms with E-state index in [1.54, 1.807) is 36.4 Å². The maximum atomic E-state index is 12.7. The van der Waals surface area contributed by atoms with Crippen molar-refractivity contribution >= 4 is 29.4 Å². The zero-order valence-corrected chi connectivity index (χ0v) is 12.1. The van der Waals surface area contributed by atoms with Gasteiger partial charge in [-0.05, 0) is 54.5 Å². The van der Waals surface area contributed by atoms with Crippen molar-refractivity contribution in [3.05, 3.63) is 70.6 Å². The molecule has 2 N–H and O–H groups in total. The second-order valence-corrected chi connectivity index (χ2v) is 4.88. The fraction of sp³-hybridized carbons (Fsp3) is 0.0625. The van der Waals surface area contributed by atoms with Crippen LogP contribution in [0.4, 0.5) is 14.9 Å². The Morgan fingerprint density at radius 2 is 1.90 bits per heavy atom. The van der Waals surface area contributed by atoms with Gasteiger partial charge in [-0.15, -0.1) is 0 Å². The number of rotatable bonds is 3. The Morgan fingerprint density at radius 1 is 1.19 bits per heavy atom. The van der Waals surface area contributed by atoms with Gasteiger partial charge in [0.25, 0.3) is 0 Å². The monoisotopic (exact) mass is 304 g/mol. The zero-order chi connectivity index (χ0) is 15.2. The van der Waals surface area contributed by atoms with E-state index < -0.39 is 0 Å².